The number of hydrogen-bond acceptors (Lipinski definition) is 6. The number of rotatable bonds is 3. The molecule has 162 valence electrons. The lowest BCUT2D eigenvalue weighted by atomic mass is 10.2. The number of hydrogen-bond donors (Lipinski definition) is 0. The third-order valence-electron chi connectivity index (χ3n) is 5.59. The molecule has 3 aromatic heterocycles. The van der Waals surface area contributed by atoms with E-state index in [0.717, 1.165) is 0 Å². The Bertz CT molecular complexity index is 1360. The minimum Gasteiger partial charge on any atom is -0.365 e. The van der Waals surface area contributed by atoms with Gasteiger partial charge < -0.3 is 9.80 Å². The number of nitrogens with zero attached hydrogens (tertiary/aromatic N) is 7. The summed E-state index contributed by atoms with van der Waals surface area (Å²) in [6.45, 7) is 3.85. The van der Waals surface area contributed by atoms with Crippen LogP contribution in [0, 0.1) is 6.92 Å². The van der Waals surface area contributed by atoms with Crippen LogP contribution in [-0.2, 0) is 0 Å². The second-order valence-electron chi connectivity index (χ2n) is 7.52. The summed E-state index contributed by atoms with van der Waals surface area (Å²) in [4.78, 5) is 34.0. The number of fused-ring (bicyclic) bond motifs is 1. The molecule has 0 bridgehead atoms. The molecule has 10 heteroatoms. The molecule has 5 rings (SSSR count). The number of piperazine rings is 1. The summed E-state index contributed by atoms with van der Waals surface area (Å²) in [5.74, 6) is -0.0976. The van der Waals surface area contributed by atoms with Gasteiger partial charge in [-0.2, -0.15) is 14.9 Å². The lowest BCUT2D eigenvalue weighted by molar-refractivity contribution is 0.0747. The summed E-state index contributed by atoms with van der Waals surface area (Å²) in [7, 11) is 0. The molecule has 0 atom stereocenters. The number of aryl methyl sites for hydroxylation is 1. The quantitative estimate of drug-likeness (QED) is 0.476. The first-order chi connectivity index (χ1) is 15.5. The average molecular weight is 450 g/mol. The molecule has 4 heterocycles. The molecule has 1 aliphatic heterocycles. The van der Waals surface area contributed by atoms with Crippen LogP contribution in [0.4, 0.5) is 5.69 Å². The van der Waals surface area contributed by atoms with Crippen LogP contribution < -0.4 is 10.5 Å². The van der Waals surface area contributed by atoms with Gasteiger partial charge in [0.25, 0.3) is 11.5 Å². The molecule has 1 aromatic carbocycles. The maximum Gasteiger partial charge on any atom is 0.292 e. The van der Waals surface area contributed by atoms with Gasteiger partial charge in [0.15, 0.2) is 5.65 Å². The second kappa shape index (κ2) is 8.08. The maximum absolute atomic E-state index is 13.2. The molecule has 1 amide bonds. The van der Waals surface area contributed by atoms with Gasteiger partial charge in [0.2, 0.25) is 0 Å². The van der Waals surface area contributed by atoms with Gasteiger partial charge in [-0.25, -0.2) is 9.50 Å². The van der Waals surface area contributed by atoms with Crippen molar-refractivity contribution in [3.8, 4) is 5.69 Å². The van der Waals surface area contributed by atoms with E-state index in [2.05, 4.69) is 15.2 Å². The Morgan fingerprint density at radius 1 is 1.06 bits per heavy atom. The fourth-order valence-electron chi connectivity index (χ4n) is 3.95. The zero-order chi connectivity index (χ0) is 22.2. The predicted octanol–water partition coefficient (Wildman–Crippen LogP) is 2.20. The molecule has 9 nitrogen and oxygen atoms in total. The highest BCUT2D eigenvalue weighted by atomic mass is 35.5. The number of aromatic nitrogens is 5. The third kappa shape index (κ3) is 3.40. The lowest BCUT2D eigenvalue weighted by Gasteiger charge is -2.36. The standard InChI is InChI=1S/C22H20ClN7O2/c1-15-18(20-24-8-5-9-29(20)26-15)21(31)28-12-10-27(11-13-28)17-14-25-30(22(32)19(17)23)16-6-3-2-4-7-16/h2-9,14H,10-13H2,1H3. The normalized spacial score (nSPS) is 14.2. The van der Waals surface area contributed by atoms with E-state index in [-0.39, 0.29) is 16.5 Å². The Hall–Kier alpha value is -3.72. The molecule has 0 saturated carbocycles. The minimum atomic E-state index is -0.373. The fourth-order valence-corrected chi connectivity index (χ4v) is 4.20. The van der Waals surface area contributed by atoms with Crippen LogP contribution >= 0.6 is 11.6 Å². The fraction of sp³-hybridized carbons (Fsp3) is 0.227. The van der Waals surface area contributed by atoms with Crippen molar-refractivity contribution in [2.24, 2.45) is 0 Å². The van der Waals surface area contributed by atoms with Crippen molar-refractivity contribution in [2.75, 3.05) is 31.1 Å². The molecule has 0 N–H and O–H groups in total. The van der Waals surface area contributed by atoms with Gasteiger partial charge in [-0.15, -0.1) is 0 Å². The predicted molar refractivity (Wildman–Crippen MR) is 121 cm³/mol. The Kier molecular flexibility index (Phi) is 5.10. The van der Waals surface area contributed by atoms with Crippen LogP contribution in [-0.4, -0.2) is 61.4 Å². The van der Waals surface area contributed by atoms with Crippen molar-refractivity contribution in [1.29, 1.82) is 0 Å². The van der Waals surface area contributed by atoms with E-state index in [1.54, 1.807) is 46.2 Å². The number of halogens is 1. The lowest BCUT2D eigenvalue weighted by Crippen LogP contribution is -2.49. The van der Waals surface area contributed by atoms with Gasteiger partial charge in [0, 0.05) is 38.6 Å². The Morgan fingerprint density at radius 2 is 1.81 bits per heavy atom. The van der Waals surface area contributed by atoms with Crippen molar-refractivity contribution in [1.82, 2.24) is 29.3 Å². The van der Waals surface area contributed by atoms with E-state index in [1.807, 2.05) is 30.0 Å². The Morgan fingerprint density at radius 3 is 2.56 bits per heavy atom. The zero-order valence-corrected chi connectivity index (χ0v) is 18.1. The summed E-state index contributed by atoms with van der Waals surface area (Å²) in [5.41, 5.74) is 2.57. The first-order valence-electron chi connectivity index (χ1n) is 10.2. The molecule has 32 heavy (non-hydrogen) atoms. The van der Waals surface area contributed by atoms with Crippen molar-refractivity contribution >= 4 is 28.8 Å². The Labute approximate surface area is 188 Å². The topological polar surface area (TPSA) is 88.6 Å². The van der Waals surface area contributed by atoms with E-state index >= 15 is 0 Å². The van der Waals surface area contributed by atoms with Gasteiger partial charge in [0.05, 0.1) is 23.3 Å². The van der Waals surface area contributed by atoms with Gasteiger partial charge in [0.1, 0.15) is 10.6 Å². The van der Waals surface area contributed by atoms with E-state index < -0.39 is 0 Å². The van der Waals surface area contributed by atoms with Crippen LogP contribution in [0.5, 0.6) is 0 Å². The van der Waals surface area contributed by atoms with Gasteiger partial charge in [-0.3, -0.25) is 9.59 Å². The van der Waals surface area contributed by atoms with Crippen LogP contribution in [0.3, 0.4) is 0 Å². The van der Waals surface area contributed by atoms with Crippen LogP contribution in [0.2, 0.25) is 5.02 Å². The molecule has 0 radical (unpaired) electrons. The highest BCUT2D eigenvalue weighted by molar-refractivity contribution is 6.33. The zero-order valence-electron chi connectivity index (χ0n) is 17.3. The van der Waals surface area contributed by atoms with E-state index in [1.165, 1.54) is 4.68 Å². The van der Waals surface area contributed by atoms with Crippen molar-refractivity contribution in [3.05, 3.63) is 81.6 Å². The number of benzene rings is 1. The molecule has 4 aromatic rings. The summed E-state index contributed by atoms with van der Waals surface area (Å²) in [5, 5.41) is 8.80. The molecular weight excluding hydrogens is 430 g/mol. The summed E-state index contributed by atoms with van der Waals surface area (Å²) < 4.78 is 2.90. The SMILES string of the molecule is Cc1nn2cccnc2c1C(=O)N1CCN(c2cnn(-c3ccccc3)c(=O)c2Cl)CC1. The van der Waals surface area contributed by atoms with Gasteiger partial charge >= 0.3 is 0 Å². The molecule has 0 aliphatic carbocycles. The van der Waals surface area contributed by atoms with Crippen LogP contribution in [0.1, 0.15) is 16.1 Å². The third-order valence-corrected chi connectivity index (χ3v) is 5.95. The number of anilines is 1. The highest BCUT2D eigenvalue weighted by Gasteiger charge is 2.28. The maximum atomic E-state index is 13.2. The van der Waals surface area contributed by atoms with Crippen molar-refractivity contribution < 1.29 is 4.79 Å². The van der Waals surface area contributed by atoms with Gasteiger partial charge in [-0.05, 0) is 25.1 Å². The largest absolute Gasteiger partial charge is 0.365 e. The number of carbonyl (C=O) groups is 1. The van der Waals surface area contributed by atoms with E-state index in [4.69, 9.17) is 11.6 Å². The number of amides is 1. The van der Waals surface area contributed by atoms with Crippen molar-refractivity contribution in [3.63, 3.8) is 0 Å². The number of para-hydroxylation sites is 1. The van der Waals surface area contributed by atoms with Crippen LogP contribution in [0.25, 0.3) is 11.3 Å². The second-order valence-corrected chi connectivity index (χ2v) is 7.90. The summed E-state index contributed by atoms with van der Waals surface area (Å²) >= 11 is 6.43. The van der Waals surface area contributed by atoms with E-state index in [0.29, 0.717) is 54.5 Å². The van der Waals surface area contributed by atoms with Crippen molar-refractivity contribution in [2.45, 2.75) is 6.92 Å². The monoisotopic (exact) mass is 449 g/mol. The molecule has 0 spiro atoms. The number of carbonyl (C=O) groups excluding carboxylic acids is 1. The summed E-state index contributed by atoms with van der Waals surface area (Å²) in [6.07, 6.45) is 5.03. The minimum absolute atomic E-state index is 0.0976. The molecular formula is C22H20ClN7O2. The smallest absolute Gasteiger partial charge is 0.292 e. The molecule has 1 aliphatic rings. The van der Waals surface area contributed by atoms with E-state index in [9.17, 15) is 9.59 Å². The summed E-state index contributed by atoms with van der Waals surface area (Å²) in [6, 6.07) is 10.9. The first kappa shape index (κ1) is 20.2. The highest BCUT2D eigenvalue weighted by Crippen LogP contribution is 2.24. The molecule has 0 unspecified atom stereocenters. The Balaban J connectivity index is 1.35. The van der Waals surface area contributed by atoms with Gasteiger partial charge in [-0.1, -0.05) is 29.8 Å². The van der Waals surface area contributed by atoms with Crippen LogP contribution in [0.15, 0.2) is 59.8 Å². The average Bonchev–Trinajstić information content (AvgIpc) is 3.16. The molecule has 1 fully saturated rings. The molecule has 1 saturated heterocycles. The first-order valence-corrected chi connectivity index (χ1v) is 10.6.